The minimum Gasteiger partial charge on any atom is -0.633 e. The fraction of sp³-hybridized carbons (Fsp3) is 1.00. The first-order chi connectivity index (χ1) is 6.26. The molecule has 0 aliphatic carbocycles. The van der Waals surface area contributed by atoms with Gasteiger partial charge in [0, 0.05) is 12.3 Å². The summed E-state index contributed by atoms with van der Waals surface area (Å²) in [5, 5.41) is 21.5. The second-order valence-electron chi connectivity index (χ2n) is 4.55. The minimum absolute atomic E-state index is 0.00519. The number of hydroxylamine groups is 3. The van der Waals surface area contributed by atoms with Crippen LogP contribution in [0.4, 0.5) is 0 Å². The Bertz CT molecular complexity index is 182. The van der Waals surface area contributed by atoms with E-state index in [1.165, 1.54) is 6.42 Å². The van der Waals surface area contributed by atoms with Crippen LogP contribution in [0.2, 0.25) is 0 Å². The monoisotopic (exact) mass is 185 g/mol. The molecule has 0 radical (unpaired) electrons. The number of hydrogen-bond donors (Lipinski definition) is 1. The number of aliphatic hydroxyl groups is 1. The van der Waals surface area contributed by atoms with Gasteiger partial charge in [-0.3, -0.25) is 0 Å². The molecule has 0 spiro atoms. The normalized spacial score (nSPS) is 45.7. The van der Waals surface area contributed by atoms with Gasteiger partial charge in [0.1, 0.15) is 0 Å². The van der Waals surface area contributed by atoms with Crippen molar-refractivity contribution < 1.29 is 9.75 Å². The Morgan fingerprint density at radius 3 is 2.69 bits per heavy atom. The highest BCUT2D eigenvalue weighted by molar-refractivity contribution is 4.79. The van der Waals surface area contributed by atoms with Gasteiger partial charge in [-0.2, -0.15) is 0 Å². The summed E-state index contributed by atoms with van der Waals surface area (Å²) in [7, 11) is 0. The largest absolute Gasteiger partial charge is 0.633 e. The first-order valence-electron chi connectivity index (χ1n) is 5.45. The van der Waals surface area contributed by atoms with Crippen LogP contribution in [0.3, 0.4) is 0 Å². The maximum atomic E-state index is 12.3. The van der Waals surface area contributed by atoms with Crippen molar-refractivity contribution in [1.82, 2.24) is 0 Å². The number of rotatable bonds is 1. The Kier molecular flexibility index (Phi) is 2.58. The highest BCUT2D eigenvalue weighted by Crippen LogP contribution is 2.36. The summed E-state index contributed by atoms with van der Waals surface area (Å²) in [5.41, 5.74) is 0. The van der Waals surface area contributed by atoms with Crippen LogP contribution in [0.1, 0.15) is 32.1 Å². The van der Waals surface area contributed by atoms with E-state index in [0.29, 0.717) is 0 Å². The molecule has 76 valence electrons. The minimum atomic E-state index is 0.00519. The summed E-state index contributed by atoms with van der Waals surface area (Å²) >= 11 is 0. The lowest BCUT2D eigenvalue weighted by Crippen LogP contribution is -2.60. The molecule has 2 aliphatic heterocycles. The van der Waals surface area contributed by atoms with Crippen LogP contribution in [0.15, 0.2) is 0 Å². The quantitative estimate of drug-likeness (QED) is 0.493. The van der Waals surface area contributed by atoms with Crippen LogP contribution < -0.4 is 0 Å². The Hall–Kier alpha value is -0.120. The van der Waals surface area contributed by atoms with Crippen LogP contribution in [0.5, 0.6) is 0 Å². The summed E-state index contributed by atoms with van der Waals surface area (Å²) in [6.07, 6.45) is 5.37. The molecule has 2 aliphatic rings. The molecule has 2 saturated heterocycles. The van der Waals surface area contributed by atoms with E-state index in [-0.39, 0.29) is 23.2 Å². The van der Waals surface area contributed by atoms with Crippen LogP contribution in [0, 0.1) is 11.1 Å². The number of quaternary nitrogens is 1. The molecule has 0 aromatic rings. The first kappa shape index (κ1) is 9.44. The Balaban J connectivity index is 2.11. The van der Waals surface area contributed by atoms with E-state index < -0.39 is 0 Å². The van der Waals surface area contributed by atoms with Crippen molar-refractivity contribution in [1.29, 1.82) is 0 Å². The summed E-state index contributed by atoms with van der Waals surface area (Å²) in [6, 6.07) is 0.215. The Labute approximate surface area is 79.5 Å². The van der Waals surface area contributed by atoms with Gasteiger partial charge in [0.15, 0.2) is 0 Å². The summed E-state index contributed by atoms with van der Waals surface area (Å²) in [5.74, 6) is 0.284. The third-order valence-electron chi connectivity index (χ3n) is 3.78. The Morgan fingerprint density at radius 1 is 1.15 bits per heavy atom. The van der Waals surface area contributed by atoms with E-state index in [1.54, 1.807) is 0 Å². The molecule has 3 unspecified atom stereocenters. The standard InChI is InChI=1S/C10H19NO2/c12-8-9-4-3-7-11(13)6-2-1-5-10(9)11/h9-10,12H,1-8H2. The van der Waals surface area contributed by atoms with Gasteiger partial charge in [-0.1, -0.05) is 0 Å². The highest BCUT2D eigenvalue weighted by Gasteiger charge is 2.40. The van der Waals surface area contributed by atoms with Gasteiger partial charge in [0.05, 0.1) is 25.7 Å². The van der Waals surface area contributed by atoms with E-state index in [4.69, 9.17) is 0 Å². The highest BCUT2D eigenvalue weighted by atomic mass is 16.5. The number of nitrogens with zero attached hydrogens (tertiary/aromatic N) is 1. The fourth-order valence-corrected chi connectivity index (χ4v) is 3.06. The average molecular weight is 185 g/mol. The van der Waals surface area contributed by atoms with Crippen molar-refractivity contribution in [2.24, 2.45) is 5.92 Å². The predicted molar refractivity (Wildman–Crippen MR) is 50.8 cm³/mol. The molecule has 2 rings (SSSR count). The Morgan fingerprint density at radius 2 is 1.92 bits per heavy atom. The molecule has 3 nitrogen and oxygen atoms in total. The molecule has 0 aromatic carbocycles. The number of aliphatic hydroxyl groups excluding tert-OH is 1. The molecule has 0 amide bonds. The summed E-state index contributed by atoms with van der Waals surface area (Å²) in [4.78, 5) is 0. The number of fused-ring (bicyclic) bond motifs is 1. The predicted octanol–water partition coefficient (Wildman–Crippen LogP) is 1.26. The van der Waals surface area contributed by atoms with Gasteiger partial charge in [-0.15, -0.1) is 0 Å². The van der Waals surface area contributed by atoms with Crippen molar-refractivity contribution in [3.63, 3.8) is 0 Å². The molecule has 1 N–H and O–H groups in total. The van der Waals surface area contributed by atoms with Crippen molar-refractivity contribution in [2.45, 2.75) is 38.1 Å². The zero-order valence-electron chi connectivity index (χ0n) is 8.11. The summed E-state index contributed by atoms with van der Waals surface area (Å²) in [6.45, 7) is 1.80. The average Bonchev–Trinajstić information content (AvgIpc) is 2.15. The van der Waals surface area contributed by atoms with Crippen molar-refractivity contribution in [3.8, 4) is 0 Å². The van der Waals surface area contributed by atoms with Crippen LogP contribution in [0.25, 0.3) is 0 Å². The molecular formula is C10H19NO2. The van der Waals surface area contributed by atoms with Crippen LogP contribution >= 0.6 is 0 Å². The van der Waals surface area contributed by atoms with Crippen molar-refractivity contribution in [3.05, 3.63) is 5.21 Å². The van der Waals surface area contributed by atoms with E-state index in [9.17, 15) is 10.3 Å². The van der Waals surface area contributed by atoms with Gasteiger partial charge in [-0.25, -0.2) is 0 Å². The smallest absolute Gasteiger partial charge is 0.0938 e. The second kappa shape index (κ2) is 3.56. The molecule has 0 aromatic heterocycles. The van der Waals surface area contributed by atoms with E-state index in [2.05, 4.69) is 0 Å². The molecule has 13 heavy (non-hydrogen) atoms. The zero-order chi connectivity index (χ0) is 9.31. The van der Waals surface area contributed by atoms with Gasteiger partial charge < -0.3 is 15.0 Å². The van der Waals surface area contributed by atoms with Gasteiger partial charge in [0.2, 0.25) is 0 Å². The summed E-state index contributed by atoms with van der Waals surface area (Å²) < 4.78 is 0.00519. The molecule has 0 bridgehead atoms. The first-order valence-corrected chi connectivity index (χ1v) is 5.45. The third kappa shape index (κ3) is 1.60. The van der Waals surface area contributed by atoms with Gasteiger partial charge >= 0.3 is 0 Å². The van der Waals surface area contributed by atoms with E-state index in [0.717, 1.165) is 38.8 Å². The van der Waals surface area contributed by atoms with Crippen molar-refractivity contribution >= 4 is 0 Å². The number of piperidine rings is 2. The second-order valence-corrected chi connectivity index (χ2v) is 4.55. The molecule has 3 atom stereocenters. The lowest BCUT2D eigenvalue weighted by Gasteiger charge is -2.56. The maximum absolute atomic E-state index is 12.3. The lowest BCUT2D eigenvalue weighted by atomic mass is 9.83. The van der Waals surface area contributed by atoms with Crippen molar-refractivity contribution in [2.75, 3.05) is 19.7 Å². The zero-order valence-corrected chi connectivity index (χ0v) is 8.11. The van der Waals surface area contributed by atoms with Gasteiger partial charge in [0.25, 0.3) is 0 Å². The van der Waals surface area contributed by atoms with Crippen LogP contribution in [-0.2, 0) is 0 Å². The lowest BCUT2D eigenvalue weighted by molar-refractivity contribution is -0.920. The molecule has 3 heteroatoms. The van der Waals surface area contributed by atoms with Crippen LogP contribution in [-0.4, -0.2) is 35.5 Å². The third-order valence-corrected chi connectivity index (χ3v) is 3.78. The molecule has 2 fully saturated rings. The molecular weight excluding hydrogens is 166 g/mol. The fourth-order valence-electron chi connectivity index (χ4n) is 3.06. The maximum Gasteiger partial charge on any atom is 0.0938 e. The van der Waals surface area contributed by atoms with E-state index in [1.807, 2.05) is 0 Å². The number of hydrogen-bond acceptors (Lipinski definition) is 2. The molecule has 0 saturated carbocycles. The van der Waals surface area contributed by atoms with E-state index >= 15 is 0 Å². The SMILES string of the molecule is [O-][N+]12CCCCC1C(CO)CCC2. The molecule has 2 heterocycles. The topological polar surface area (TPSA) is 43.3 Å². The van der Waals surface area contributed by atoms with Gasteiger partial charge in [-0.05, 0) is 25.7 Å².